The second-order valence-corrected chi connectivity index (χ2v) is 8.86. The highest BCUT2D eigenvalue weighted by Crippen LogP contribution is 2.38. The summed E-state index contributed by atoms with van der Waals surface area (Å²) in [5.74, 6) is -1.66. The largest absolute Gasteiger partial charge is 0.444 e. The Morgan fingerprint density at radius 3 is 2.50 bits per heavy atom. The average Bonchev–Trinajstić information content (AvgIpc) is 3.04. The second kappa shape index (κ2) is 7.38. The van der Waals surface area contributed by atoms with Crippen molar-refractivity contribution in [3.63, 3.8) is 0 Å². The van der Waals surface area contributed by atoms with Crippen LogP contribution in [0.3, 0.4) is 0 Å². The van der Waals surface area contributed by atoms with E-state index in [1.54, 1.807) is 17.0 Å². The Kier molecular flexibility index (Phi) is 5.00. The fourth-order valence-electron chi connectivity index (χ4n) is 4.23. The Morgan fingerprint density at radius 1 is 1.13 bits per heavy atom. The molecule has 5 nitrogen and oxygen atoms in total. The van der Waals surface area contributed by atoms with Gasteiger partial charge >= 0.3 is 6.09 Å². The maximum atomic E-state index is 14.2. The molecule has 30 heavy (non-hydrogen) atoms. The molecule has 7 heteroatoms. The molecule has 0 bridgehead atoms. The van der Waals surface area contributed by atoms with Crippen LogP contribution in [0.5, 0.6) is 0 Å². The standard InChI is InChI=1S/C23H24F2N2O3/c1-23(2,3)30-22(29)27-11-14-10-26-21(28)16-9-13(7-8-15(16)17(14)12-27)20-18(24)5-4-6-19(20)25/h4-9,14,17H,10-12H2,1-3H3,(H,26,28). The third-order valence-corrected chi connectivity index (χ3v) is 5.57. The van der Waals surface area contributed by atoms with Gasteiger partial charge in [0.05, 0.1) is 5.56 Å². The topological polar surface area (TPSA) is 58.6 Å². The van der Waals surface area contributed by atoms with Gasteiger partial charge < -0.3 is 15.0 Å². The van der Waals surface area contributed by atoms with Crippen LogP contribution in [0.15, 0.2) is 36.4 Å². The van der Waals surface area contributed by atoms with E-state index in [2.05, 4.69) is 5.32 Å². The number of fused-ring (bicyclic) bond motifs is 3. The number of hydrogen-bond acceptors (Lipinski definition) is 3. The minimum Gasteiger partial charge on any atom is -0.444 e. The Labute approximate surface area is 174 Å². The summed E-state index contributed by atoms with van der Waals surface area (Å²) in [6.07, 6.45) is -0.381. The van der Waals surface area contributed by atoms with Crippen molar-refractivity contribution in [2.75, 3.05) is 19.6 Å². The van der Waals surface area contributed by atoms with Crippen molar-refractivity contribution in [1.82, 2.24) is 10.2 Å². The maximum absolute atomic E-state index is 14.2. The summed E-state index contributed by atoms with van der Waals surface area (Å²) >= 11 is 0. The first-order valence-electron chi connectivity index (χ1n) is 9.98. The highest BCUT2D eigenvalue weighted by Gasteiger charge is 2.41. The van der Waals surface area contributed by atoms with Crippen molar-refractivity contribution in [1.29, 1.82) is 0 Å². The van der Waals surface area contributed by atoms with E-state index in [0.29, 0.717) is 30.8 Å². The first-order chi connectivity index (χ1) is 14.1. The van der Waals surface area contributed by atoms with E-state index >= 15 is 0 Å². The van der Waals surface area contributed by atoms with Crippen LogP contribution in [-0.2, 0) is 4.74 Å². The first-order valence-corrected chi connectivity index (χ1v) is 9.98. The van der Waals surface area contributed by atoms with Gasteiger partial charge in [0.2, 0.25) is 0 Å². The number of amides is 2. The summed E-state index contributed by atoms with van der Waals surface area (Å²) in [4.78, 5) is 26.9. The molecule has 2 unspecified atom stereocenters. The number of nitrogens with one attached hydrogen (secondary N) is 1. The third kappa shape index (κ3) is 3.76. The molecule has 2 aliphatic heterocycles. The Hall–Kier alpha value is -2.96. The number of carbonyl (C=O) groups excluding carboxylic acids is 2. The molecular weight excluding hydrogens is 390 g/mol. The van der Waals surface area contributed by atoms with E-state index in [1.165, 1.54) is 24.3 Å². The summed E-state index contributed by atoms with van der Waals surface area (Å²) in [7, 11) is 0. The minimum absolute atomic E-state index is 0.0405. The molecular formula is C23H24F2N2O3. The number of benzene rings is 2. The number of halogens is 2. The van der Waals surface area contributed by atoms with Gasteiger partial charge in [0.15, 0.2) is 0 Å². The van der Waals surface area contributed by atoms with Crippen LogP contribution in [-0.4, -0.2) is 42.1 Å². The molecule has 0 saturated carbocycles. The molecule has 2 aromatic carbocycles. The third-order valence-electron chi connectivity index (χ3n) is 5.57. The van der Waals surface area contributed by atoms with Crippen LogP contribution in [0.2, 0.25) is 0 Å². The summed E-state index contributed by atoms with van der Waals surface area (Å²) in [5.41, 5.74) is 0.720. The van der Waals surface area contributed by atoms with Gasteiger partial charge in [-0.2, -0.15) is 0 Å². The number of carbonyl (C=O) groups is 2. The molecule has 0 spiro atoms. The number of rotatable bonds is 1. The fourth-order valence-corrected chi connectivity index (χ4v) is 4.23. The summed E-state index contributed by atoms with van der Waals surface area (Å²) in [6, 6.07) is 8.60. The Bertz CT molecular complexity index is 996. The zero-order chi connectivity index (χ0) is 21.6. The predicted octanol–water partition coefficient (Wildman–Crippen LogP) is 4.33. The zero-order valence-electron chi connectivity index (χ0n) is 17.2. The molecule has 2 aliphatic rings. The molecule has 4 rings (SSSR count). The lowest BCUT2D eigenvalue weighted by Crippen LogP contribution is -2.36. The molecule has 0 aromatic heterocycles. The number of nitrogens with zero attached hydrogens (tertiary/aromatic N) is 1. The molecule has 2 atom stereocenters. The van der Waals surface area contributed by atoms with Crippen LogP contribution in [0.1, 0.15) is 42.6 Å². The van der Waals surface area contributed by atoms with E-state index in [1.807, 2.05) is 20.8 Å². The van der Waals surface area contributed by atoms with Crippen LogP contribution in [0.4, 0.5) is 13.6 Å². The average molecular weight is 414 g/mol. The van der Waals surface area contributed by atoms with Crippen LogP contribution < -0.4 is 5.32 Å². The molecule has 2 heterocycles. The molecule has 2 aromatic rings. The molecule has 2 amide bonds. The van der Waals surface area contributed by atoms with Crippen LogP contribution in [0.25, 0.3) is 11.1 Å². The minimum atomic E-state index is -0.682. The molecule has 1 N–H and O–H groups in total. The van der Waals surface area contributed by atoms with E-state index in [9.17, 15) is 18.4 Å². The lowest BCUT2D eigenvalue weighted by atomic mass is 9.86. The van der Waals surface area contributed by atoms with Gasteiger partial charge in [-0.05, 0) is 50.1 Å². The van der Waals surface area contributed by atoms with E-state index in [0.717, 1.165) is 5.56 Å². The maximum Gasteiger partial charge on any atom is 0.410 e. The van der Waals surface area contributed by atoms with E-state index in [4.69, 9.17) is 4.74 Å². The molecule has 0 aliphatic carbocycles. The van der Waals surface area contributed by atoms with Gasteiger partial charge in [0, 0.05) is 37.0 Å². The number of likely N-dealkylation sites (tertiary alicyclic amines) is 1. The summed E-state index contributed by atoms with van der Waals surface area (Å²) in [6.45, 7) is 6.77. The quantitative estimate of drug-likeness (QED) is 0.756. The van der Waals surface area contributed by atoms with Crippen LogP contribution >= 0.6 is 0 Å². The lowest BCUT2D eigenvalue weighted by Gasteiger charge is -2.24. The van der Waals surface area contributed by atoms with Gasteiger partial charge in [0.1, 0.15) is 17.2 Å². The zero-order valence-corrected chi connectivity index (χ0v) is 17.2. The monoisotopic (exact) mass is 414 g/mol. The predicted molar refractivity (Wildman–Crippen MR) is 108 cm³/mol. The SMILES string of the molecule is CC(C)(C)OC(=O)N1CC2CNC(=O)c3cc(-c4c(F)cccc4F)ccc3C2C1. The number of ether oxygens (including phenoxy) is 1. The highest BCUT2D eigenvalue weighted by atomic mass is 19.1. The molecule has 158 valence electrons. The normalized spacial score (nSPS) is 20.8. The number of hydrogen-bond donors (Lipinski definition) is 1. The van der Waals surface area contributed by atoms with Gasteiger partial charge in [-0.25, -0.2) is 13.6 Å². The van der Waals surface area contributed by atoms with Gasteiger partial charge in [-0.3, -0.25) is 4.79 Å². The van der Waals surface area contributed by atoms with Crippen LogP contribution in [0, 0.1) is 17.6 Å². The van der Waals surface area contributed by atoms with Crippen molar-refractivity contribution in [3.05, 3.63) is 59.2 Å². The molecule has 0 radical (unpaired) electrons. The van der Waals surface area contributed by atoms with Crippen molar-refractivity contribution in [2.45, 2.75) is 32.3 Å². The van der Waals surface area contributed by atoms with Crippen molar-refractivity contribution in [2.24, 2.45) is 5.92 Å². The first kappa shape index (κ1) is 20.3. The molecule has 1 fully saturated rings. The van der Waals surface area contributed by atoms with E-state index in [-0.39, 0.29) is 29.4 Å². The highest BCUT2D eigenvalue weighted by molar-refractivity contribution is 5.97. The Balaban J connectivity index is 1.68. The van der Waals surface area contributed by atoms with Gasteiger partial charge in [0.25, 0.3) is 5.91 Å². The van der Waals surface area contributed by atoms with Gasteiger partial charge in [-0.1, -0.05) is 18.2 Å². The van der Waals surface area contributed by atoms with Crippen molar-refractivity contribution in [3.8, 4) is 11.1 Å². The van der Waals surface area contributed by atoms with Gasteiger partial charge in [-0.15, -0.1) is 0 Å². The molecule has 1 saturated heterocycles. The lowest BCUT2D eigenvalue weighted by molar-refractivity contribution is 0.0287. The van der Waals surface area contributed by atoms with Crippen molar-refractivity contribution < 1.29 is 23.1 Å². The second-order valence-electron chi connectivity index (χ2n) is 8.86. The van der Waals surface area contributed by atoms with Crippen molar-refractivity contribution >= 4 is 12.0 Å². The smallest absolute Gasteiger partial charge is 0.410 e. The fraction of sp³-hybridized carbons (Fsp3) is 0.391. The Morgan fingerprint density at radius 2 is 1.83 bits per heavy atom. The summed E-state index contributed by atoms with van der Waals surface area (Å²) < 4.78 is 34.0. The summed E-state index contributed by atoms with van der Waals surface area (Å²) in [5, 5.41) is 2.88. The van der Waals surface area contributed by atoms with E-state index < -0.39 is 17.2 Å².